The summed E-state index contributed by atoms with van der Waals surface area (Å²) in [7, 11) is 0. The van der Waals surface area contributed by atoms with Gasteiger partial charge in [0.2, 0.25) is 11.8 Å². The first kappa shape index (κ1) is 27.7. The van der Waals surface area contributed by atoms with E-state index in [0.717, 1.165) is 5.56 Å². The molecule has 5 N–H and O–H groups in total. The maximum absolute atomic E-state index is 12.8. The molecule has 3 aliphatic heterocycles. The lowest BCUT2D eigenvalue weighted by molar-refractivity contribution is -0.192. The SMILES string of the molecule is N[C@@H]1C(=O)N2C(C(=O)O)=C(/C=C3\CCN(Cc4ccc(C(=O)O)cc4)C3=O)CS[C@H]12.O=C(O)C(F)(F)F. The molecule has 0 aromatic heterocycles. The molecule has 0 unspecified atom stereocenters. The van der Waals surface area contributed by atoms with Gasteiger partial charge in [0.1, 0.15) is 17.1 Å². The molecule has 1 aromatic carbocycles. The van der Waals surface area contributed by atoms with Crippen molar-refractivity contribution in [2.45, 2.75) is 30.6 Å². The second kappa shape index (κ2) is 10.6. The highest BCUT2D eigenvalue weighted by Gasteiger charge is 2.51. The molecule has 198 valence electrons. The minimum absolute atomic E-state index is 0.103. The van der Waals surface area contributed by atoms with Gasteiger partial charge in [-0.1, -0.05) is 12.1 Å². The monoisotopic (exact) mass is 543 g/mol. The lowest BCUT2D eigenvalue weighted by Gasteiger charge is -2.47. The standard InChI is InChI=1S/C20H19N3O6S.C2HF3O2/c21-14-17(25)23-15(20(28)29)13(9-30-18(14)23)7-12-5-6-22(16(12)24)8-10-1-3-11(4-2-10)19(26)27;3-2(4,5)1(6)7/h1-4,7,14,18H,5-6,8-9,21H2,(H,26,27)(H,28,29);(H,6,7)/b12-7+;/t14-,18-;/m1./s1. The van der Waals surface area contributed by atoms with Crippen LogP contribution in [0.3, 0.4) is 0 Å². The predicted octanol–water partition coefficient (Wildman–Crippen LogP) is 1.26. The number of rotatable bonds is 5. The van der Waals surface area contributed by atoms with Gasteiger partial charge < -0.3 is 26.0 Å². The van der Waals surface area contributed by atoms with E-state index in [4.69, 9.17) is 20.7 Å². The molecule has 1 aromatic rings. The van der Waals surface area contributed by atoms with Crippen molar-refractivity contribution in [1.29, 1.82) is 0 Å². The van der Waals surface area contributed by atoms with Crippen LogP contribution in [0.2, 0.25) is 0 Å². The Balaban J connectivity index is 0.000000479. The number of nitrogens with zero attached hydrogens (tertiary/aromatic N) is 2. The summed E-state index contributed by atoms with van der Waals surface area (Å²) in [5, 5.41) is 25.3. The van der Waals surface area contributed by atoms with E-state index >= 15 is 0 Å². The van der Waals surface area contributed by atoms with Gasteiger partial charge in [0.05, 0.1) is 5.56 Å². The van der Waals surface area contributed by atoms with Gasteiger partial charge >= 0.3 is 24.1 Å². The van der Waals surface area contributed by atoms with Crippen LogP contribution >= 0.6 is 11.8 Å². The van der Waals surface area contributed by atoms with Crippen LogP contribution in [-0.4, -0.2) is 84.7 Å². The van der Waals surface area contributed by atoms with Gasteiger partial charge in [0.25, 0.3) is 0 Å². The predicted molar refractivity (Wildman–Crippen MR) is 121 cm³/mol. The molecular weight excluding hydrogens is 523 g/mol. The first-order chi connectivity index (χ1) is 17.2. The van der Waals surface area contributed by atoms with Crippen molar-refractivity contribution in [3.8, 4) is 0 Å². The zero-order chi connectivity index (χ0) is 27.7. The van der Waals surface area contributed by atoms with E-state index in [1.165, 1.54) is 28.8 Å². The number of fused-ring (bicyclic) bond motifs is 1. The second-order valence-electron chi connectivity index (χ2n) is 8.07. The number of amides is 2. The maximum Gasteiger partial charge on any atom is 0.490 e. The molecule has 0 aliphatic carbocycles. The van der Waals surface area contributed by atoms with E-state index < -0.39 is 36.0 Å². The van der Waals surface area contributed by atoms with Crippen LogP contribution in [0.4, 0.5) is 13.2 Å². The molecule has 2 fully saturated rings. The summed E-state index contributed by atoms with van der Waals surface area (Å²) in [5.41, 5.74) is 7.54. The molecule has 0 spiro atoms. The molecule has 2 saturated heterocycles. The number of carboxylic acids is 3. The fourth-order valence-electron chi connectivity index (χ4n) is 3.79. The Labute approximate surface area is 211 Å². The number of thioether (sulfide) groups is 1. The van der Waals surface area contributed by atoms with Crippen molar-refractivity contribution in [1.82, 2.24) is 9.80 Å². The molecular formula is C22H20F3N3O8S. The van der Waals surface area contributed by atoms with Crippen molar-refractivity contribution in [3.05, 3.63) is 58.3 Å². The van der Waals surface area contributed by atoms with E-state index in [2.05, 4.69) is 0 Å². The highest BCUT2D eigenvalue weighted by atomic mass is 32.2. The number of carbonyl (C=O) groups excluding carboxylic acids is 2. The van der Waals surface area contributed by atoms with Crippen LogP contribution in [0.15, 0.2) is 47.2 Å². The molecule has 3 heterocycles. The van der Waals surface area contributed by atoms with E-state index in [-0.39, 0.29) is 22.5 Å². The third-order valence-corrected chi connectivity index (χ3v) is 6.94. The van der Waals surface area contributed by atoms with E-state index in [1.807, 2.05) is 0 Å². The minimum Gasteiger partial charge on any atom is -0.478 e. The summed E-state index contributed by atoms with van der Waals surface area (Å²) in [5.74, 6) is -5.25. The average Bonchev–Trinajstić information content (AvgIpc) is 3.16. The molecule has 0 bridgehead atoms. The highest BCUT2D eigenvalue weighted by Crippen LogP contribution is 2.40. The summed E-state index contributed by atoms with van der Waals surface area (Å²) in [4.78, 5) is 59.3. The topological polar surface area (TPSA) is 179 Å². The van der Waals surface area contributed by atoms with Gasteiger partial charge in [-0.3, -0.25) is 14.5 Å². The van der Waals surface area contributed by atoms with Crippen molar-refractivity contribution < 1.29 is 52.5 Å². The number of carbonyl (C=O) groups is 5. The summed E-state index contributed by atoms with van der Waals surface area (Å²) in [6, 6.07) is 5.61. The lowest BCUT2D eigenvalue weighted by Crippen LogP contribution is -2.68. The fourth-order valence-corrected chi connectivity index (χ4v) is 5.04. The molecule has 2 amide bonds. The first-order valence-electron chi connectivity index (χ1n) is 10.5. The minimum atomic E-state index is -5.08. The summed E-state index contributed by atoms with van der Waals surface area (Å²) in [6.45, 7) is 0.807. The number of hydrogen-bond acceptors (Lipinski definition) is 7. The molecule has 0 radical (unpaired) electrons. The number of likely N-dealkylation sites (tertiary alicyclic amines) is 1. The summed E-state index contributed by atoms with van der Waals surface area (Å²) >= 11 is 1.39. The summed E-state index contributed by atoms with van der Waals surface area (Å²) < 4.78 is 31.7. The molecule has 0 saturated carbocycles. The Kier molecular flexibility index (Phi) is 7.97. The maximum atomic E-state index is 12.8. The number of alkyl halides is 3. The third kappa shape index (κ3) is 5.94. The van der Waals surface area contributed by atoms with Crippen LogP contribution in [0.5, 0.6) is 0 Å². The van der Waals surface area contributed by atoms with Crippen molar-refractivity contribution in [2.75, 3.05) is 12.3 Å². The number of hydrogen-bond donors (Lipinski definition) is 4. The number of halogens is 3. The smallest absolute Gasteiger partial charge is 0.478 e. The molecule has 37 heavy (non-hydrogen) atoms. The molecule has 3 aliphatic rings. The molecule has 11 nitrogen and oxygen atoms in total. The van der Waals surface area contributed by atoms with E-state index in [9.17, 15) is 37.5 Å². The highest BCUT2D eigenvalue weighted by molar-refractivity contribution is 8.00. The second-order valence-corrected chi connectivity index (χ2v) is 9.17. The van der Waals surface area contributed by atoms with Gasteiger partial charge in [-0.2, -0.15) is 13.2 Å². The molecule has 15 heteroatoms. The van der Waals surface area contributed by atoms with Crippen molar-refractivity contribution >= 4 is 41.5 Å². The Morgan fingerprint density at radius 3 is 2.19 bits per heavy atom. The van der Waals surface area contributed by atoms with Crippen LogP contribution in [0, 0.1) is 0 Å². The van der Waals surface area contributed by atoms with E-state index in [0.29, 0.717) is 36.4 Å². The number of aliphatic carboxylic acids is 2. The normalized spacial score (nSPS) is 22.3. The van der Waals surface area contributed by atoms with Crippen LogP contribution in [0.1, 0.15) is 22.3 Å². The fraction of sp³-hybridized carbons (Fsp3) is 0.318. The van der Waals surface area contributed by atoms with E-state index in [1.54, 1.807) is 23.1 Å². The lowest BCUT2D eigenvalue weighted by atomic mass is 10.0. The van der Waals surface area contributed by atoms with Crippen LogP contribution in [0.25, 0.3) is 0 Å². The van der Waals surface area contributed by atoms with Gasteiger partial charge in [0.15, 0.2) is 0 Å². The Hall–Kier alpha value is -3.85. The Morgan fingerprint density at radius 1 is 1.08 bits per heavy atom. The quantitative estimate of drug-likeness (QED) is 0.312. The number of β-lactam (4-membered cyclic amide) rings is 1. The number of aromatic carboxylic acids is 1. The average molecular weight is 543 g/mol. The van der Waals surface area contributed by atoms with Crippen molar-refractivity contribution in [2.24, 2.45) is 5.73 Å². The van der Waals surface area contributed by atoms with Gasteiger partial charge in [-0.15, -0.1) is 11.8 Å². The molecule has 2 atom stereocenters. The van der Waals surface area contributed by atoms with Crippen LogP contribution in [-0.2, 0) is 25.7 Å². The van der Waals surface area contributed by atoms with Crippen LogP contribution < -0.4 is 5.73 Å². The van der Waals surface area contributed by atoms with Gasteiger partial charge in [-0.05, 0) is 35.8 Å². The largest absolute Gasteiger partial charge is 0.490 e. The third-order valence-electron chi connectivity index (χ3n) is 5.62. The number of benzene rings is 1. The zero-order valence-corrected chi connectivity index (χ0v) is 19.6. The number of nitrogens with two attached hydrogens (primary N) is 1. The van der Waals surface area contributed by atoms with Crippen molar-refractivity contribution in [3.63, 3.8) is 0 Å². The number of carboxylic acid groups (broad SMARTS) is 3. The number of allylic oxidation sites excluding steroid dienone is 1. The zero-order valence-electron chi connectivity index (χ0n) is 18.8. The van der Waals surface area contributed by atoms with Gasteiger partial charge in [0, 0.05) is 24.4 Å². The van der Waals surface area contributed by atoms with Gasteiger partial charge in [-0.25, -0.2) is 14.4 Å². The molecule has 4 rings (SSSR count). The Morgan fingerprint density at radius 2 is 1.68 bits per heavy atom. The summed E-state index contributed by atoms with van der Waals surface area (Å²) in [6.07, 6.45) is -3.04. The Bertz CT molecular complexity index is 1210. The first-order valence-corrected chi connectivity index (χ1v) is 11.6.